The molecule has 1 aliphatic heterocycles. The lowest BCUT2D eigenvalue weighted by Gasteiger charge is -2.37. The van der Waals surface area contributed by atoms with Gasteiger partial charge in [0.25, 0.3) is 5.91 Å². The Labute approximate surface area is 153 Å². The zero-order valence-electron chi connectivity index (χ0n) is 13.7. The van der Waals surface area contributed by atoms with Crippen LogP contribution in [0.2, 0.25) is 5.02 Å². The molecular formula is C17H23Cl2N3O2. The first-order chi connectivity index (χ1) is 11.1. The third-order valence-electron chi connectivity index (χ3n) is 5.19. The Balaban J connectivity index is 0.00000208. The molecule has 1 saturated carbocycles. The summed E-state index contributed by atoms with van der Waals surface area (Å²) in [6.45, 7) is 1.65. The molecule has 0 bridgehead atoms. The number of rotatable bonds is 3. The minimum atomic E-state index is -0.314. The maximum atomic E-state index is 12.9. The lowest BCUT2D eigenvalue weighted by atomic mass is 9.67. The molecule has 1 aromatic rings. The first kappa shape index (κ1) is 19.0. The predicted octanol–water partition coefficient (Wildman–Crippen LogP) is 2.84. The number of amides is 2. The molecule has 0 radical (unpaired) electrons. The van der Waals surface area contributed by atoms with E-state index in [-0.39, 0.29) is 29.6 Å². The number of anilines is 1. The van der Waals surface area contributed by atoms with Crippen molar-refractivity contribution in [2.24, 2.45) is 11.3 Å². The van der Waals surface area contributed by atoms with Crippen LogP contribution in [0.25, 0.3) is 0 Å². The first-order valence-corrected chi connectivity index (χ1v) is 8.48. The van der Waals surface area contributed by atoms with Crippen molar-refractivity contribution in [2.45, 2.75) is 25.7 Å². The van der Waals surface area contributed by atoms with E-state index in [1.165, 1.54) is 6.42 Å². The highest BCUT2D eigenvalue weighted by atomic mass is 35.5. The molecule has 1 aliphatic carbocycles. The van der Waals surface area contributed by atoms with Crippen molar-refractivity contribution in [3.05, 3.63) is 28.8 Å². The van der Waals surface area contributed by atoms with Gasteiger partial charge >= 0.3 is 0 Å². The van der Waals surface area contributed by atoms with Crippen LogP contribution in [0, 0.1) is 11.3 Å². The van der Waals surface area contributed by atoms with Crippen LogP contribution in [0.3, 0.4) is 0 Å². The van der Waals surface area contributed by atoms with Crippen LogP contribution in [0.1, 0.15) is 36.0 Å². The molecular weight excluding hydrogens is 349 g/mol. The largest absolute Gasteiger partial charge is 0.355 e. The van der Waals surface area contributed by atoms with Crippen LogP contribution in [0.15, 0.2) is 18.2 Å². The number of benzene rings is 1. The molecule has 0 spiro atoms. The lowest BCUT2D eigenvalue weighted by Crippen LogP contribution is -2.44. The predicted molar refractivity (Wildman–Crippen MR) is 98.0 cm³/mol. The second kappa shape index (κ2) is 7.72. The van der Waals surface area contributed by atoms with Gasteiger partial charge in [-0.25, -0.2) is 0 Å². The molecule has 3 rings (SSSR count). The summed E-state index contributed by atoms with van der Waals surface area (Å²) < 4.78 is 0. The molecule has 7 heteroatoms. The quantitative estimate of drug-likeness (QED) is 0.764. The number of hydrogen-bond acceptors (Lipinski definition) is 3. The van der Waals surface area contributed by atoms with Crippen molar-refractivity contribution in [3.63, 3.8) is 0 Å². The summed E-state index contributed by atoms with van der Waals surface area (Å²) in [5.74, 6) is 0.196. The van der Waals surface area contributed by atoms with Crippen molar-refractivity contribution in [1.29, 1.82) is 0 Å². The molecule has 24 heavy (non-hydrogen) atoms. The molecule has 2 amide bonds. The van der Waals surface area contributed by atoms with E-state index in [1.54, 1.807) is 25.2 Å². The van der Waals surface area contributed by atoms with E-state index in [9.17, 15) is 9.59 Å². The van der Waals surface area contributed by atoms with Crippen molar-refractivity contribution in [3.8, 4) is 0 Å². The molecule has 132 valence electrons. The summed E-state index contributed by atoms with van der Waals surface area (Å²) in [5, 5.41) is 9.31. The monoisotopic (exact) mass is 371 g/mol. The molecule has 0 aromatic heterocycles. The first-order valence-electron chi connectivity index (χ1n) is 8.10. The molecule has 3 N–H and O–H groups in total. The van der Waals surface area contributed by atoms with Crippen molar-refractivity contribution < 1.29 is 9.59 Å². The lowest BCUT2D eigenvalue weighted by molar-refractivity contribution is -0.128. The highest BCUT2D eigenvalue weighted by Gasteiger charge is 2.49. The Hall–Kier alpha value is -1.30. The van der Waals surface area contributed by atoms with Gasteiger partial charge in [0.05, 0.1) is 16.0 Å². The van der Waals surface area contributed by atoms with E-state index in [2.05, 4.69) is 16.0 Å². The molecule has 1 saturated heterocycles. The van der Waals surface area contributed by atoms with E-state index < -0.39 is 0 Å². The van der Waals surface area contributed by atoms with E-state index in [0.29, 0.717) is 22.2 Å². The highest BCUT2D eigenvalue weighted by Crippen LogP contribution is 2.44. The fourth-order valence-corrected chi connectivity index (χ4v) is 4.06. The smallest absolute Gasteiger partial charge is 0.252 e. The average Bonchev–Trinajstić information content (AvgIpc) is 3.01. The second-order valence-corrected chi connectivity index (χ2v) is 6.86. The maximum Gasteiger partial charge on any atom is 0.252 e. The number of halogens is 2. The Kier molecular flexibility index (Phi) is 6.12. The number of nitrogens with one attached hydrogen (secondary N) is 3. The molecule has 0 unspecified atom stereocenters. The summed E-state index contributed by atoms with van der Waals surface area (Å²) >= 11 is 6.06. The Bertz CT molecular complexity index is 638. The molecule has 2 aliphatic rings. The summed E-state index contributed by atoms with van der Waals surface area (Å²) in [4.78, 5) is 24.8. The van der Waals surface area contributed by atoms with E-state index in [0.717, 1.165) is 32.4 Å². The molecule has 5 nitrogen and oxygen atoms in total. The van der Waals surface area contributed by atoms with Gasteiger partial charge in [-0.2, -0.15) is 0 Å². The number of carbonyl (C=O) groups excluding carboxylic acids is 2. The normalized spacial score (nSPS) is 25.3. The van der Waals surface area contributed by atoms with Gasteiger partial charge in [0.1, 0.15) is 0 Å². The molecule has 1 heterocycles. The van der Waals surface area contributed by atoms with Crippen molar-refractivity contribution in [2.75, 3.05) is 25.5 Å². The van der Waals surface area contributed by atoms with Crippen LogP contribution >= 0.6 is 24.0 Å². The third kappa shape index (κ3) is 3.39. The summed E-state index contributed by atoms with van der Waals surface area (Å²) in [6, 6.07) is 5.02. The van der Waals surface area contributed by atoms with Gasteiger partial charge < -0.3 is 16.0 Å². The number of hydrogen-bond donors (Lipinski definition) is 3. The number of carbonyl (C=O) groups is 2. The fourth-order valence-electron chi connectivity index (χ4n) is 3.86. The van der Waals surface area contributed by atoms with Gasteiger partial charge in [0.15, 0.2) is 0 Å². The zero-order chi connectivity index (χ0) is 16.4. The minimum absolute atomic E-state index is 0. The number of fused-ring (bicyclic) bond motifs is 1. The van der Waals surface area contributed by atoms with Crippen LogP contribution in [0.5, 0.6) is 0 Å². The minimum Gasteiger partial charge on any atom is -0.355 e. The Morgan fingerprint density at radius 1 is 1.33 bits per heavy atom. The molecule has 1 aromatic carbocycles. The fraction of sp³-hybridized carbons (Fsp3) is 0.529. The second-order valence-electron chi connectivity index (χ2n) is 6.46. The Morgan fingerprint density at radius 2 is 2.12 bits per heavy atom. The highest BCUT2D eigenvalue weighted by molar-refractivity contribution is 6.34. The van der Waals surface area contributed by atoms with Crippen molar-refractivity contribution in [1.82, 2.24) is 10.6 Å². The van der Waals surface area contributed by atoms with Gasteiger partial charge in [-0.05, 0) is 43.5 Å². The van der Waals surface area contributed by atoms with Crippen molar-refractivity contribution >= 4 is 41.5 Å². The molecule has 2 fully saturated rings. The van der Waals surface area contributed by atoms with Crippen LogP contribution in [0.4, 0.5) is 5.69 Å². The third-order valence-corrected chi connectivity index (χ3v) is 5.52. The van der Waals surface area contributed by atoms with E-state index >= 15 is 0 Å². The zero-order valence-corrected chi connectivity index (χ0v) is 15.2. The van der Waals surface area contributed by atoms with Gasteiger partial charge in [0.2, 0.25) is 5.91 Å². The van der Waals surface area contributed by atoms with Crippen LogP contribution in [-0.4, -0.2) is 32.0 Å². The Morgan fingerprint density at radius 3 is 2.88 bits per heavy atom. The molecule has 2 atom stereocenters. The van der Waals surface area contributed by atoms with E-state index in [1.807, 2.05) is 0 Å². The summed E-state index contributed by atoms with van der Waals surface area (Å²) in [6.07, 6.45) is 4.32. The topological polar surface area (TPSA) is 70.2 Å². The standard InChI is InChI=1S/C17H22ClN3O2.ClH/c1-19-15(22)13-8-12(5-6-14(13)18)21-16(23)17-7-3-2-4-11(17)9-20-10-17;/h5-6,8,11,20H,2-4,7,9-10H2,1H3,(H,19,22)(H,21,23);1H/t11-,17+;/m0./s1. The van der Waals surface area contributed by atoms with Gasteiger partial charge in [-0.3, -0.25) is 9.59 Å². The van der Waals surface area contributed by atoms with Gasteiger partial charge in [0, 0.05) is 19.3 Å². The summed E-state index contributed by atoms with van der Waals surface area (Å²) in [5.41, 5.74) is 0.670. The average molecular weight is 372 g/mol. The van der Waals surface area contributed by atoms with Gasteiger partial charge in [-0.15, -0.1) is 12.4 Å². The van der Waals surface area contributed by atoms with Crippen LogP contribution < -0.4 is 16.0 Å². The van der Waals surface area contributed by atoms with Crippen LogP contribution in [-0.2, 0) is 4.79 Å². The maximum absolute atomic E-state index is 12.9. The SMILES string of the molecule is CNC(=O)c1cc(NC(=O)[C@@]23CCCC[C@H]2CNC3)ccc1Cl.Cl. The van der Waals surface area contributed by atoms with E-state index in [4.69, 9.17) is 11.6 Å². The van der Waals surface area contributed by atoms with Gasteiger partial charge in [-0.1, -0.05) is 24.4 Å². The summed E-state index contributed by atoms with van der Waals surface area (Å²) in [7, 11) is 1.56.